The molecule has 0 radical (unpaired) electrons. The molecule has 6 heteroatoms. The van der Waals surface area contributed by atoms with E-state index in [0.717, 1.165) is 12.1 Å². The summed E-state index contributed by atoms with van der Waals surface area (Å²) in [5.74, 6) is -1.76. The van der Waals surface area contributed by atoms with Crippen LogP contribution in [0.5, 0.6) is 0 Å². The van der Waals surface area contributed by atoms with Crippen LogP contribution in [0.1, 0.15) is 37.6 Å². The fourth-order valence-electron chi connectivity index (χ4n) is 2.86. The summed E-state index contributed by atoms with van der Waals surface area (Å²) in [7, 11) is 0. The Balaban J connectivity index is 1.95. The number of carboxylic acid groups (broad SMARTS) is 1. The minimum absolute atomic E-state index is 0.194. The number of carbonyl (C=O) groups excluding carboxylic acids is 1. The van der Waals surface area contributed by atoms with E-state index in [-0.39, 0.29) is 12.5 Å². The number of amides is 1. The quantitative estimate of drug-likeness (QED) is 0.858. The number of carboxylic acids is 1. The van der Waals surface area contributed by atoms with E-state index in [2.05, 4.69) is 15.3 Å². The maximum atomic E-state index is 12.2. The standard InChI is InChI=1S/C15H21N3O3/c1-3-10-4-12(13(5-10)15(20)21)14(19)18-8-11-7-16-9(2)6-17-11/h6-7,10,12-13H,3-5,8H2,1-2H3,(H,18,19)(H,20,21). The van der Waals surface area contributed by atoms with Crippen molar-refractivity contribution in [2.75, 3.05) is 0 Å². The first-order valence-corrected chi connectivity index (χ1v) is 7.29. The molecular formula is C15H21N3O3. The molecule has 6 nitrogen and oxygen atoms in total. The summed E-state index contributed by atoms with van der Waals surface area (Å²) in [6.45, 7) is 4.16. The second-order valence-electron chi connectivity index (χ2n) is 5.66. The summed E-state index contributed by atoms with van der Waals surface area (Å²) >= 11 is 0. The molecule has 1 aromatic rings. The van der Waals surface area contributed by atoms with Crippen molar-refractivity contribution in [1.82, 2.24) is 15.3 Å². The number of nitrogens with zero attached hydrogens (tertiary/aromatic N) is 2. The molecule has 0 aromatic carbocycles. The Morgan fingerprint density at radius 3 is 2.57 bits per heavy atom. The third kappa shape index (κ3) is 3.77. The predicted octanol–water partition coefficient (Wildman–Crippen LogP) is 1.54. The van der Waals surface area contributed by atoms with Gasteiger partial charge in [-0.3, -0.25) is 19.6 Å². The molecule has 1 aliphatic rings. The lowest BCUT2D eigenvalue weighted by atomic mass is 9.95. The number of rotatable bonds is 5. The Morgan fingerprint density at radius 1 is 1.29 bits per heavy atom. The summed E-state index contributed by atoms with van der Waals surface area (Å²) in [5, 5.41) is 12.0. The molecule has 21 heavy (non-hydrogen) atoms. The largest absolute Gasteiger partial charge is 0.481 e. The molecule has 3 atom stereocenters. The molecule has 1 amide bonds. The zero-order valence-corrected chi connectivity index (χ0v) is 12.4. The van der Waals surface area contributed by atoms with Crippen LogP contribution in [-0.2, 0) is 16.1 Å². The van der Waals surface area contributed by atoms with Gasteiger partial charge in [-0.25, -0.2) is 0 Å². The molecule has 1 saturated carbocycles. The van der Waals surface area contributed by atoms with E-state index in [1.807, 2.05) is 13.8 Å². The number of hydrogen-bond acceptors (Lipinski definition) is 4. The van der Waals surface area contributed by atoms with Crippen LogP contribution in [0.3, 0.4) is 0 Å². The molecule has 2 rings (SSSR count). The smallest absolute Gasteiger partial charge is 0.307 e. The average molecular weight is 291 g/mol. The van der Waals surface area contributed by atoms with Gasteiger partial charge in [-0.15, -0.1) is 0 Å². The van der Waals surface area contributed by atoms with Crippen LogP contribution in [-0.4, -0.2) is 27.0 Å². The van der Waals surface area contributed by atoms with E-state index in [4.69, 9.17) is 0 Å². The lowest BCUT2D eigenvalue weighted by Crippen LogP contribution is -2.35. The summed E-state index contributed by atoms with van der Waals surface area (Å²) in [4.78, 5) is 31.8. The third-order valence-electron chi connectivity index (χ3n) is 4.17. The number of nitrogens with one attached hydrogen (secondary N) is 1. The zero-order valence-electron chi connectivity index (χ0n) is 12.4. The van der Waals surface area contributed by atoms with Crippen molar-refractivity contribution < 1.29 is 14.7 Å². The van der Waals surface area contributed by atoms with E-state index in [9.17, 15) is 14.7 Å². The lowest BCUT2D eigenvalue weighted by molar-refractivity contribution is -0.146. The van der Waals surface area contributed by atoms with E-state index in [1.54, 1.807) is 12.4 Å². The number of carbonyl (C=O) groups is 2. The van der Waals surface area contributed by atoms with Crippen LogP contribution in [0.2, 0.25) is 0 Å². The summed E-state index contributed by atoms with van der Waals surface area (Å²) in [5.41, 5.74) is 1.49. The van der Waals surface area contributed by atoms with E-state index in [1.165, 1.54) is 0 Å². The van der Waals surface area contributed by atoms with Gasteiger partial charge >= 0.3 is 5.97 Å². The number of aromatic nitrogens is 2. The van der Waals surface area contributed by atoms with Gasteiger partial charge in [0.1, 0.15) is 0 Å². The molecule has 0 bridgehead atoms. The molecular weight excluding hydrogens is 270 g/mol. The van der Waals surface area contributed by atoms with Crippen molar-refractivity contribution in [1.29, 1.82) is 0 Å². The van der Waals surface area contributed by atoms with Crippen molar-refractivity contribution in [2.45, 2.75) is 39.7 Å². The van der Waals surface area contributed by atoms with Crippen LogP contribution in [0.4, 0.5) is 0 Å². The van der Waals surface area contributed by atoms with Gasteiger partial charge in [0.05, 0.1) is 36.0 Å². The van der Waals surface area contributed by atoms with Crippen molar-refractivity contribution in [2.24, 2.45) is 17.8 Å². The highest BCUT2D eigenvalue weighted by Crippen LogP contribution is 2.38. The average Bonchev–Trinajstić information content (AvgIpc) is 2.91. The van der Waals surface area contributed by atoms with Gasteiger partial charge in [-0.2, -0.15) is 0 Å². The molecule has 0 aliphatic heterocycles. The molecule has 0 spiro atoms. The zero-order chi connectivity index (χ0) is 15.4. The summed E-state index contributed by atoms with van der Waals surface area (Å²) in [6.07, 6.45) is 5.42. The molecule has 0 saturated heterocycles. The van der Waals surface area contributed by atoms with Gasteiger partial charge in [-0.1, -0.05) is 13.3 Å². The number of hydrogen-bond donors (Lipinski definition) is 2. The molecule has 3 unspecified atom stereocenters. The van der Waals surface area contributed by atoms with Crippen LogP contribution >= 0.6 is 0 Å². The van der Waals surface area contributed by atoms with Crippen molar-refractivity contribution in [3.63, 3.8) is 0 Å². The maximum absolute atomic E-state index is 12.2. The highest BCUT2D eigenvalue weighted by atomic mass is 16.4. The monoisotopic (exact) mass is 291 g/mol. The number of aryl methyl sites for hydroxylation is 1. The van der Waals surface area contributed by atoms with Crippen LogP contribution in [0.25, 0.3) is 0 Å². The SMILES string of the molecule is CCC1CC(C(=O)O)C(C(=O)NCc2cnc(C)cn2)C1. The minimum Gasteiger partial charge on any atom is -0.481 e. The van der Waals surface area contributed by atoms with Gasteiger partial charge in [0.2, 0.25) is 5.91 Å². The molecule has 1 heterocycles. The highest BCUT2D eigenvalue weighted by Gasteiger charge is 2.41. The third-order valence-corrected chi connectivity index (χ3v) is 4.17. The fourth-order valence-corrected chi connectivity index (χ4v) is 2.86. The highest BCUT2D eigenvalue weighted by molar-refractivity contribution is 5.85. The van der Waals surface area contributed by atoms with Gasteiger partial charge in [0.15, 0.2) is 0 Å². The predicted molar refractivity (Wildman–Crippen MR) is 76.2 cm³/mol. The Labute approximate surface area is 124 Å². The molecule has 114 valence electrons. The lowest BCUT2D eigenvalue weighted by Gasteiger charge is -2.15. The Morgan fingerprint density at radius 2 is 2.00 bits per heavy atom. The van der Waals surface area contributed by atoms with E-state index < -0.39 is 17.8 Å². The van der Waals surface area contributed by atoms with Gasteiger partial charge < -0.3 is 10.4 Å². The second kappa shape index (κ2) is 6.65. The first kappa shape index (κ1) is 15.4. The maximum Gasteiger partial charge on any atom is 0.307 e. The summed E-state index contributed by atoms with van der Waals surface area (Å²) in [6, 6.07) is 0. The van der Waals surface area contributed by atoms with Crippen molar-refractivity contribution in [3.05, 3.63) is 23.8 Å². The van der Waals surface area contributed by atoms with Gasteiger partial charge in [0, 0.05) is 6.20 Å². The molecule has 1 fully saturated rings. The molecule has 1 aliphatic carbocycles. The first-order valence-electron chi connectivity index (χ1n) is 7.29. The van der Waals surface area contributed by atoms with E-state index >= 15 is 0 Å². The van der Waals surface area contributed by atoms with Crippen LogP contribution in [0.15, 0.2) is 12.4 Å². The van der Waals surface area contributed by atoms with Gasteiger partial charge in [0.25, 0.3) is 0 Å². The normalized spacial score (nSPS) is 24.8. The van der Waals surface area contributed by atoms with Crippen LogP contribution in [0, 0.1) is 24.7 Å². The Bertz CT molecular complexity index is 515. The van der Waals surface area contributed by atoms with Crippen LogP contribution < -0.4 is 5.32 Å². The second-order valence-corrected chi connectivity index (χ2v) is 5.66. The first-order chi connectivity index (χ1) is 10.0. The molecule has 2 N–H and O–H groups in total. The van der Waals surface area contributed by atoms with Crippen molar-refractivity contribution in [3.8, 4) is 0 Å². The van der Waals surface area contributed by atoms with Gasteiger partial charge in [-0.05, 0) is 25.7 Å². The topological polar surface area (TPSA) is 92.2 Å². The summed E-state index contributed by atoms with van der Waals surface area (Å²) < 4.78 is 0. The molecule has 1 aromatic heterocycles. The minimum atomic E-state index is -0.874. The fraction of sp³-hybridized carbons (Fsp3) is 0.600. The van der Waals surface area contributed by atoms with E-state index in [0.29, 0.717) is 24.5 Å². The Hall–Kier alpha value is -1.98. The Kier molecular flexibility index (Phi) is 4.88. The van der Waals surface area contributed by atoms with Crippen molar-refractivity contribution >= 4 is 11.9 Å². The number of aliphatic carboxylic acids is 1.